The fourth-order valence-electron chi connectivity index (χ4n) is 5.91. The molecular formula is C29H32ClN5O2S. The molecule has 3 heterocycles. The third-order valence-corrected chi connectivity index (χ3v) is 9.07. The van der Waals surface area contributed by atoms with Gasteiger partial charge in [0.05, 0.1) is 11.1 Å². The van der Waals surface area contributed by atoms with Gasteiger partial charge in [0, 0.05) is 47.9 Å². The average Bonchev–Trinajstić information content (AvgIpc) is 3.25. The summed E-state index contributed by atoms with van der Waals surface area (Å²) in [5, 5.41) is 21.0. The van der Waals surface area contributed by atoms with Gasteiger partial charge in [-0.05, 0) is 69.0 Å². The van der Waals surface area contributed by atoms with Gasteiger partial charge < -0.3 is 14.6 Å². The molecule has 1 unspecified atom stereocenters. The van der Waals surface area contributed by atoms with Gasteiger partial charge in [0.2, 0.25) is 0 Å². The number of benzene rings is 2. The number of halogens is 1. The molecule has 7 nitrogen and oxygen atoms in total. The van der Waals surface area contributed by atoms with Crippen LogP contribution in [0.4, 0.5) is 0 Å². The van der Waals surface area contributed by atoms with E-state index in [9.17, 15) is 9.90 Å². The molecule has 198 valence electrons. The maximum absolute atomic E-state index is 11.9. The number of piperidine rings is 1. The second-order valence-electron chi connectivity index (χ2n) is 10.5. The maximum Gasteiger partial charge on any atom is 0.191 e. The molecule has 0 amide bonds. The summed E-state index contributed by atoms with van der Waals surface area (Å²) in [6, 6.07) is 15.9. The molecule has 0 bridgehead atoms. The van der Waals surface area contributed by atoms with E-state index in [-0.39, 0.29) is 29.4 Å². The minimum atomic E-state index is -0.0843. The van der Waals surface area contributed by atoms with Crippen LogP contribution in [0.3, 0.4) is 0 Å². The fraction of sp³-hybridized carbons (Fsp3) is 0.379. The number of aromatic nitrogens is 4. The van der Waals surface area contributed by atoms with Crippen molar-refractivity contribution in [2.75, 3.05) is 25.4 Å². The highest BCUT2D eigenvalue weighted by atomic mass is 35.5. The topological polar surface area (TPSA) is 84.1 Å². The normalized spacial score (nSPS) is 20.3. The van der Waals surface area contributed by atoms with E-state index in [0.29, 0.717) is 11.5 Å². The highest BCUT2D eigenvalue weighted by molar-refractivity contribution is 7.99. The number of carbonyl (C=O) groups is 1. The first kappa shape index (κ1) is 26.7. The van der Waals surface area contributed by atoms with Crippen molar-refractivity contribution in [3.05, 3.63) is 65.4 Å². The van der Waals surface area contributed by atoms with Crippen molar-refractivity contribution in [2.24, 2.45) is 13.0 Å². The lowest BCUT2D eigenvalue weighted by atomic mass is 9.92. The van der Waals surface area contributed by atoms with E-state index in [0.717, 1.165) is 64.9 Å². The lowest BCUT2D eigenvalue weighted by Gasteiger charge is -2.21. The molecule has 1 saturated carbocycles. The number of pyridine rings is 1. The van der Waals surface area contributed by atoms with Gasteiger partial charge >= 0.3 is 0 Å². The third kappa shape index (κ3) is 4.70. The number of Topliss-reactive ketones (excluding diaryl/α,β-unsaturated/α-hetero) is 1. The zero-order chi connectivity index (χ0) is 25.7. The molecule has 38 heavy (non-hydrogen) atoms. The molecule has 1 aliphatic heterocycles. The number of aromatic hydroxyl groups is 1. The van der Waals surface area contributed by atoms with Gasteiger partial charge in [0.25, 0.3) is 0 Å². The molecule has 4 aromatic rings. The molecule has 2 atom stereocenters. The summed E-state index contributed by atoms with van der Waals surface area (Å²) in [6.07, 6.45) is 2.24. The van der Waals surface area contributed by atoms with Gasteiger partial charge in [-0.15, -0.1) is 22.6 Å². The monoisotopic (exact) mass is 549 g/mol. The van der Waals surface area contributed by atoms with Crippen molar-refractivity contribution in [1.82, 2.24) is 24.6 Å². The largest absolute Gasteiger partial charge is 0.507 e. The van der Waals surface area contributed by atoms with E-state index < -0.39 is 0 Å². The first-order valence-electron chi connectivity index (χ1n) is 12.8. The summed E-state index contributed by atoms with van der Waals surface area (Å²) in [5.41, 5.74) is 4.81. The van der Waals surface area contributed by atoms with Crippen LogP contribution in [0.25, 0.3) is 22.3 Å². The van der Waals surface area contributed by atoms with E-state index in [4.69, 9.17) is 0 Å². The van der Waals surface area contributed by atoms with Crippen molar-refractivity contribution in [1.29, 1.82) is 0 Å². The molecule has 1 N–H and O–H groups in total. The number of hydrogen-bond acceptors (Lipinski definition) is 7. The van der Waals surface area contributed by atoms with Crippen molar-refractivity contribution >= 4 is 40.9 Å². The summed E-state index contributed by atoms with van der Waals surface area (Å²) >= 11 is 1.75. The van der Waals surface area contributed by atoms with Crippen LogP contribution in [0.2, 0.25) is 0 Å². The minimum absolute atomic E-state index is 0. The second-order valence-corrected chi connectivity index (χ2v) is 11.5. The van der Waals surface area contributed by atoms with Crippen LogP contribution in [-0.4, -0.2) is 60.9 Å². The van der Waals surface area contributed by atoms with E-state index in [1.54, 1.807) is 17.8 Å². The molecule has 0 spiro atoms. The quantitative estimate of drug-likeness (QED) is 0.178. The third-order valence-electron chi connectivity index (χ3n) is 7.96. The standard InChI is InChI=1S/C29H31N5O2S.ClH/c1-18-8-10-22-23(6-4-7-25(22)30-18)27-31-32-28(33(27)3)37-13-5-12-34-16-21-15-29(21,17-34)20-9-11-26(36)24(14-20)19(2)35;/h4,6-11,14,21,36H,5,12-13,15-17H2,1-3H3;1H/t21-,29?;/m1./s1. The molecule has 2 aliphatic rings. The van der Waals surface area contributed by atoms with Gasteiger partial charge in [-0.2, -0.15) is 0 Å². The summed E-state index contributed by atoms with van der Waals surface area (Å²) < 4.78 is 2.08. The Kier molecular flexibility index (Phi) is 7.24. The van der Waals surface area contributed by atoms with Crippen LogP contribution in [-0.2, 0) is 12.5 Å². The molecule has 6 rings (SSSR count). The van der Waals surface area contributed by atoms with Gasteiger partial charge in [-0.25, -0.2) is 0 Å². The Morgan fingerprint density at radius 2 is 2.03 bits per heavy atom. The highest BCUT2D eigenvalue weighted by Gasteiger charge is 2.60. The Morgan fingerprint density at radius 3 is 2.84 bits per heavy atom. The lowest BCUT2D eigenvalue weighted by molar-refractivity contribution is 0.101. The Balaban J connectivity index is 0.00000294. The Morgan fingerprint density at radius 1 is 1.18 bits per heavy atom. The summed E-state index contributed by atoms with van der Waals surface area (Å²) in [4.78, 5) is 19.1. The average molecular weight is 550 g/mol. The molecule has 0 radical (unpaired) electrons. The first-order valence-corrected chi connectivity index (χ1v) is 13.8. The molecule has 2 fully saturated rings. The lowest BCUT2D eigenvalue weighted by Crippen LogP contribution is -2.28. The van der Waals surface area contributed by atoms with Gasteiger partial charge in [0.15, 0.2) is 16.8 Å². The molecule has 2 aromatic heterocycles. The number of likely N-dealkylation sites (tertiary alicyclic amines) is 1. The number of ketones is 1. The highest BCUT2D eigenvalue weighted by Crippen LogP contribution is 2.59. The Bertz CT molecular complexity index is 1520. The number of phenols is 1. The van der Waals surface area contributed by atoms with Gasteiger partial charge in [-0.3, -0.25) is 9.78 Å². The molecule has 2 aromatic carbocycles. The molecule has 1 saturated heterocycles. The zero-order valence-corrected chi connectivity index (χ0v) is 23.5. The fourth-order valence-corrected chi connectivity index (χ4v) is 6.75. The molecule has 9 heteroatoms. The number of thioether (sulfide) groups is 1. The SMILES string of the molecule is CC(=O)c1cc(C23C[C@@H]2CN(CCCSc2nnc(-c4cccc5nc(C)ccc45)n2C)C3)ccc1O.Cl. The number of phenolic OH excluding ortho intramolecular Hbond substituents is 1. The van der Waals surface area contributed by atoms with E-state index in [1.165, 1.54) is 18.9 Å². The van der Waals surface area contributed by atoms with Crippen LogP contribution in [0.15, 0.2) is 53.7 Å². The Labute approximate surface area is 233 Å². The zero-order valence-electron chi connectivity index (χ0n) is 21.8. The molecular weight excluding hydrogens is 518 g/mol. The first-order chi connectivity index (χ1) is 17.9. The minimum Gasteiger partial charge on any atom is -0.507 e. The molecule has 1 aliphatic carbocycles. The van der Waals surface area contributed by atoms with Crippen LogP contribution in [0.5, 0.6) is 5.75 Å². The number of hydrogen-bond donors (Lipinski definition) is 1. The van der Waals surface area contributed by atoms with Crippen molar-refractivity contribution in [2.45, 2.75) is 37.3 Å². The predicted molar refractivity (Wildman–Crippen MR) is 153 cm³/mol. The van der Waals surface area contributed by atoms with Crippen LogP contribution < -0.4 is 0 Å². The number of carbonyl (C=O) groups excluding carboxylic acids is 1. The second kappa shape index (κ2) is 10.3. The summed E-state index contributed by atoms with van der Waals surface area (Å²) in [6.45, 7) is 6.68. The van der Waals surface area contributed by atoms with E-state index in [2.05, 4.69) is 36.8 Å². The number of aryl methyl sites for hydroxylation is 1. The number of nitrogens with zero attached hydrogens (tertiary/aromatic N) is 5. The smallest absolute Gasteiger partial charge is 0.191 e. The summed E-state index contributed by atoms with van der Waals surface area (Å²) in [5.74, 6) is 2.48. The van der Waals surface area contributed by atoms with E-state index >= 15 is 0 Å². The van der Waals surface area contributed by atoms with Gasteiger partial charge in [0.1, 0.15) is 5.75 Å². The summed E-state index contributed by atoms with van der Waals surface area (Å²) in [7, 11) is 2.03. The van der Waals surface area contributed by atoms with Crippen LogP contribution in [0.1, 0.15) is 41.4 Å². The van der Waals surface area contributed by atoms with E-state index in [1.807, 2.05) is 44.3 Å². The number of rotatable bonds is 8. The maximum atomic E-state index is 11.9. The van der Waals surface area contributed by atoms with Crippen molar-refractivity contribution in [3.8, 4) is 17.1 Å². The van der Waals surface area contributed by atoms with Crippen LogP contribution in [0, 0.1) is 12.8 Å². The predicted octanol–water partition coefficient (Wildman–Crippen LogP) is 5.42. The van der Waals surface area contributed by atoms with Crippen LogP contribution >= 0.6 is 24.2 Å². The number of fused-ring (bicyclic) bond motifs is 2. The van der Waals surface area contributed by atoms with Crippen molar-refractivity contribution < 1.29 is 9.90 Å². The van der Waals surface area contributed by atoms with Crippen molar-refractivity contribution in [3.63, 3.8) is 0 Å². The Hall–Kier alpha value is -2.94. The van der Waals surface area contributed by atoms with Gasteiger partial charge in [-0.1, -0.05) is 36.0 Å².